The molecule has 0 aliphatic rings. The van der Waals surface area contributed by atoms with Gasteiger partial charge in [-0.15, -0.1) is 0 Å². The van der Waals surface area contributed by atoms with Crippen molar-refractivity contribution in [1.82, 2.24) is 9.78 Å². The Morgan fingerprint density at radius 3 is 2.64 bits per heavy atom. The molecule has 0 saturated carbocycles. The predicted molar refractivity (Wildman–Crippen MR) is 93.2 cm³/mol. The largest absolute Gasteiger partial charge is 0.389 e. The van der Waals surface area contributed by atoms with Gasteiger partial charge in [-0.25, -0.2) is 4.39 Å². The molecule has 0 bridgehead atoms. The number of aliphatic hydroxyl groups excluding tert-OH is 1. The zero-order valence-electron chi connectivity index (χ0n) is 14.1. The Morgan fingerprint density at radius 1 is 1.20 bits per heavy atom. The third kappa shape index (κ3) is 3.44. The fourth-order valence-corrected chi connectivity index (χ4v) is 2.98. The van der Waals surface area contributed by atoms with Crippen LogP contribution in [0.2, 0.25) is 0 Å². The van der Waals surface area contributed by atoms with Crippen LogP contribution in [0.4, 0.5) is 4.39 Å². The van der Waals surface area contributed by atoms with Crippen molar-refractivity contribution in [3.8, 4) is 17.2 Å². The number of hydrogen-bond donors (Lipinski definition) is 1. The summed E-state index contributed by atoms with van der Waals surface area (Å²) in [6.07, 6.45) is -0.196. The Bertz CT molecular complexity index is 954. The number of nitriles is 1. The fraction of sp³-hybridized carbons (Fsp3) is 0.200. The molecular formula is C20H18FN3O. The molecule has 0 aliphatic heterocycles. The second-order valence-electron chi connectivity index (χ2n) is 6.00. The monoisotopic (exact) mass is 335 g/mol. The molecule has 0 aliphatic carbocycles. The first-order chi connectivity index (χ1) is 12.0. The van der Waals surface area contributed by atoms with Gasteiger partial charge in [0.15, 0.2) is 5.69 Å². The van der Waals surface area contributed by atoms with Crippen molar-refractivity contribution in [3.05, 3.63) is 76.9 Å². The molecule has 1 heterocycles. The Balaban J connectivity index is 2.08. The van der Waals surface area contributed by atoms with E-state index in [1.807, 2.05) is 30.3 Å². The molecule has 0 radical (unpaired) electrons. The first-order valence-corrected chi connectivity index (χ1v) is 7.98. The summed E-state index contributed by atoms with van der Waals surface area (Å²) >= 11 is 0. The molecule has 1 atom stereocenters. The van der Waals surface area contributed by atoms with Gasteiger partial charge in [0.05, 0.1) is 6.10 Å². The van der Waals surface area contributed by atoms with E-state index in [1.165, 1.54) is 12.1 Å². The summed E-state index contributed by atoms with van der Waals surface area (Å²) in [4.78, 5) is 0. The van der Waals surface area contributed by atoms with E-state index in [0.29, 0.717) is 17.7 Å². The SMILES string of the molecule is C[C@@H](O)c1cc(F)ccc1-c1ccccc1Cc1cc(C#N)nn1C. The van der Waals surface area contributed by atoms with Crippen molar-refractivity contribution in [2.75, 3.05) is 0 Å². The Labute approximate surface area is 145 Å². The average molecular weight is 335 g/mol. The van der Waals surface area contributed by atoms with Gasteiger partial charge in [-0.1, -0.05) is 30.3 Å². The number of benzene rings is 2. The van der Waals surface area contributed by atoms with Gasteiger partial charge in [0.1, 0.15) is 11.9 Å². The summed E-state index contributed by atoms with van der Waals surface area (Å²) in [7, 11) is 1.80. The van der Waals surface area contributed by atoms with E-state index in [-0.39, 0.29) is 5.82 Å². The molecule has 0 fully saturated rings. The van der Waals surface area contributed by atoms with E-state index in [1.54, 1.807) is 30.8 Å². The highest BCUT2D eigenvalue weighted by Crippen LogP contribution is 2.32. The molecule has 126 valence electrons. The van der Waals surface area contributed by atoms with Crippen LogP contribution in [-0.2, 0) is 13.5 Å². The summed E-state index contributed by atoms with van der Waals surface area (Å²) in [5.41, 5.74) is 4.58. The number of halogens is 1. The first kappa shape index (κ1) is 16.9. The summed E-state index contributed by atoms with van der Waals surface area (Å²) in [6.45, 7) is 1.63. The lowest BCUT2D eigenvalue weighted by molar-refractivity contribution is 0.199. The minimum atomic E-state index is -0.777. The van der Waals surface area contributed by atoms with Crippen LogP contribution in [0.5, 0.6) is 0 Å². The van der Waals surface area contributed by atoms with Crippen molar-refractivity contribution in [3.63, 3.8) is 0 Å². The van der Waals surface area contributed by atoms with E-state index in [4.69, 9.17) is 5.26 Å². The highest BCUT2D eigenvalue weighted by Gasteiger charge is 2.15. The van der Waals surface area contributed by atoms with Crippen LogP contribution >= 0.6 is 0 Å². The lowest BCUT2D eigenvalue weighted by Crippen LogP contribution is -2.02. The van der Waals surface area contributed by atoms with Gasteiger partial charge in [0.2, 0.25) is 0 Å². The molecule has 4 nitrogen and oxygen atoms in total. The molecule has 25 heavy (non-hydrogen) atoms. The number of aryl methyl sites for hydroxylation is 1. The maximum atomic E-state index is 13.6. The number of rotatable bonds is 4. The molecule has 3 aromatic rings. The van der Waals surface area contributed by atoms with Crippen molar-refractivity contribution in [2.45, 2.75) is 19.4 Å². The minimum absolute atomic E-state index is 0.373. The number of hydrogen-bond acceptors (Lipinski definition) is 3. The van der Waals surface area contributed by atoms with Gasteiger partial charge in [-0.05, 0) is 47.4 Å². The molecule has 0 spiro atoms. The maximum Gasteiger partial charge on any atom is 0.162 e. The fourth-order valence-electron chi connectivity index (χ4n) is 2.98. The van der Waals surface area contributed by atoms with Crippen LogP contribution in [0.1, 0.15) is 35.5 Å². The smallest absolute Gasteiger partial charge is 0.162 e. The van der Waals surface area contributed by atoms with Gasteiger partial charge in [-0.3, -0.25) is 4.68 Å². The van der Waals surface area contributed by atoms with E-state index < -0.39 is 6.10 Å². The highest BCUT2D eigenvalue weighted by molar-refractivity contribution is 5.71. The lowest BCUT2D eigenvalue weighted by atomic mass is 9.91. The second kappa shape index (κ2) is 6.88. The zero-order chi connectivity index (χ0) is 18.0. The minimum Gasteiger partial charge on any atom is -0.389 e. The standard InChI is InChI=1S/C20H18FN3O/c1-13(25)20-10-15(21)7-8-19(20)18-6-4-3-5-14(18)9-17-11-16(12-22)23-24(17)2/h3-8,10-11,13,25H,9H2,1-2H3/t13-/m1/s1. The number of aliphatic hydroxyl groups is 1. The van der Waals surface area contributed by atoms with Crippen LogP contribution in [0, 0.1) is 17.1 Å². The summed E-state index contributed by atoms with van der Waals surface area (Å²) in [6, 6.07) is 16.1. The van der Waals surface area contributed by atoms with E-state index in [9.17, 15) is 9.50 Å². The van der Waals surface area contributed by atoms with E-state index in [2.05, 4.69) is 5.10 Å². The Kier molecular flexibility index (Phi) is 4.64. The van der Waals surface area contributed by atoms with Crippen molar-refractivity contribution < 1.29 is 9.50 Å². The van der Waals surface area contributed by atoms with Crippen LogP contribution in [0.15, 0.2) is 48.5 Å². The molecule has 0 saturated heterocycles. The highest BCUT2D eigenvalue weighted by atomic mass is 19.1. The van der Waals surface area contributed by atoms with Crippen molar-refractivity contribution in [2.24, 2.45) is 7.05 Å². The Morgan fingerprint density at radius 2 is 1.96 bits per heavy atom. The second-order valence-corrected chi connectivity index (χ2v) is 6.00. The topological polar surface area (TPSA) is 61.8 Å². The van der Waals surface area contributed by atoms with Crippen molar-refractivity contribution in [1.29, 1.82) is 5.26 Å². The normalized spacial score (nSPS) is 12.0. The van der Waals surface area contributed by atoms with Gasteiger partial charge >= 0.3 is 0 Å². The molecule has 0 amide bonds. The third-order valence-electron chi connectivity index (χ3n) is 4.23. The van der Waals surface area contributed by atoms with Crippen LogP contribution in [0.3, 0.4) is 0 Å². The van der Waals surface area contributed by atoms with Gasteiger partial charge in [0, 0.05) is 19.2 Å². The van der Waals surface area contributed by atoms with Gasteiger partial charge < -0.3 is 5.11 Å². The Hall–Kier alpha value is -2.97. The van der Waals surface area contributed by atoms with Gasteiger partial charge in [0.25, 0.3) is 0 Å². The summed E-state index contributed by atoms with van der Waals surface area (Å²) in [5, 5.41) is 23.2. The lowest BCUT2D eigenvalue weighted by Gasteiger charge is -2.16. The van der Waals surface area contributed by atoms with Crippen LogP contribution in [0.25, 0.3) is 11.1 Å². The number of nitrogens with zero attached hydrogens (tertiary/aromatic N) is 3. The van der Waals surface area contributed by atoms with Crippen LogP contribution < -0.4 is 0 Å². The van der Waals surface area contributed by atoms with Crippen molar-refractivity contribution >= 4 is 0 Å². The molecule has 0 unspecified atom stereocenters. The molecule has 1 N–H and O–H groups in total. The van der Waals surface area contributed by atoms with E-state index in [0.717, 1.165) is 22.4 Å². The molecule has 2 aromatic carbocycles. The number of aromatic nitrogens is 2. The molecule has 5 heteroatoms. The molecular weight excluding hydrogens is 317 g/mol. The zero-order valence-corrected chi connectivity index (χ0v) is 14.1. The average Bonchev–Trinajstić information content (AvgIpc) is 2.95. The first-order valence-electron chi connectivity index (χ1n) is 7.98. The predicted octanol–water partition coefficient (Wildman–Crippen LogP) is 3.74. The van der Waals surface area contributed by atoms with Gasteiger partial charge in [-0.2, -0.15) is 10.4 Å². The molecule has 3 rings (SSSR count). The maximum absolute atomic E-state index is 13.6. The summed E-state index contributed by atoms with van der Waals surface area (Å²) < 4.78 is 15.3. The third-order valence-corrected chi connectivity index (χ3v) is 4.23. The molecule has 1 aromatic heterocycles. The quantitative estimate of drug-likeness (QED) is 0.790. The van der Waals surface area contributed by atoms with Crippen LogP contribution in [-0.4, -0.2) is 14.9 Å². The van der Waals surface area contributed by atoms with E-state index >= 15 is 0 Å². The summed E-state index contributed by atoms with van der Waals surface area (Å²) in [5.74, 6) is -0.373.